The number of aromatic carboxylic acids is 1. The number of anilines is 2. The van der Waals surface area contributed by atoms with Crippen molar-refractivity contribution in [2.75, 3.05) is 23.7 Å². The Labute approximate surface area is 274 Å². The van der Waals surface area contributed by atoms with Crippen LogP contribution in [0.15, 0.2) is 98.1 Å². The summed E-state index contributed by atoms with van der Waals surface area (Å²) in [5.41, 5.74) is 1.57. The van der Waals surface area contributed by atoms with Gasteiger partial charge in [0.15, 0.2) is 0 Å². The molecule has 13 heteroatoms. The lowest BCUT2D eigenvalue weighted by Gasteiger charge is -2.21. The lowest BCUT2D eigenvalue weighted by molar-refractivity contribution is -0.137. The van der Waals surface area contributed by atoms with Gasteiger partial charge in [-0.05, 0) is 47.5 Å². The number of amides is 3. The quantitative estimate of drug-likeness (QED) is 0.0988. The van der Waals surface area contributed by atoms with E-state index >= 15 is 0 Å². The number of carbonyl (C=O) groups excluding carboxylic acids is 3. The molecule has 0 bridgehead atoms. The second-order valence-electron chi connectivity index (χ2n) is 10.5. The van der Waals surface area contributed by atoms with E-state index in [4.69, 9.17) is 11.6 Å². The van der Waals surface area contributed by atoms with Crippen LogP contribution >= 0.6 is 11.6 Å². The minimum Gasteiger partial charge on any atom is -0.477 e. The first kappa shape index (κ1) is 34.2. The molecule has 12 nitrogen and oxygen atoms in total. The zero-order chi connectivity index (χ0) is 34.1. The topological polar surface area (TPSA) is 170 Å². The summed E-state index contributed by atoms with van der Waals surface area (Å²) >= 11 is 6.20. The molecule has 0 saturated carbocycles. The van der Waals surface area contributed by atoms with E-state index in [-0.39, 0.29) is 23.0 Å². The largest absolute Gasteiger partial charge is 0.477 e. The van der Waals surface area contributed by atoms with Crippen LogP contribution in [-0.2, 0) is 27.3 Å². The Bertz CT molecular complexity index is 1840. The third kappa shape index (κ3) is 8.72. The summed E-state index contributed by atoms with van der Waals surface area (Å²) in [6.45, 7) is 9.04. The number of benzene rings is 3. The molecule has 0 fully saturated rings. The molecule has 3 amide bonds. The fourth-order valence-corrected chi connectivity index (χ4v) is 5.13. The Morgan fingerprint density at radius 1 is 0.872 bits per heavy atom. The highest BCUT2D eigenvalue weighted by atomic mass is 35.5. The second kappa shape index (κ2) is 15.5. The van der Waals surface area contributed by atoms with Crippen LogP contribution in [0.5, 0.6) is 0 Å². The van der Waals surface area contributed by atoms with Crippen LogP contribution in [0.1, 0.15) is 21.6 Å². The monoisotopic (exact) mass is 657 g/mol. The van der Waals surface area contributed by atoms with Crippen molar-refractivity contribution in [1.82, 2.24) is 14.8 Å². The van der Waals surface area contributed by atoms with Crippen molar-refractivity contribution in [3.8, 4) is 0 Å². The first-order chi connectivity index (χ1) is 22.5. The number of aromatic nitrogens is 1. The zero-order valence-corrected chi connectivity index (χ0v) is 25.9. The second-order valence-corrected chi connectivity index (χ2v) is 10.9. The average Bonchev–Trinajstić information content (AvgIpc) is 3.42. The van der Waals surface area contributed by atoms with Crippen LogP contribution in [-0.4, -0.2) is 68.6 Å². The van der Waals surface area contributed by atoms with Crippen molar-refractivity contribution in [3.05, 3.63) is 120 Å². The van der Waals surface area contributed by atoms with Crippen molar-refractivity contribution in [3.63, 3.8) is 0 Å². The number of carbonyl (C=O) groups is 5. The smallest absolute Gasteiger partial charge is 0.416 e. The molecule has 5 N–H and O–H groups in total. The van der Waals surface area contributed by atoms with Gasteiger partial charge in [0.2, 0.25) is 5.91 Å². The summed E-state index contributed by atoms with van der Waals surface area (Å²) in [5.74, 6) is -4.19. The van der Waals surface area contributed by atoms with Gasteiger partial charge in [0, 0.05) is 47.8 Å². The van der Waals surface area contributed by atoms with Gasteiger partial charge in [0.05, 0.1) is 5.52 Å². The molecule has 47 heavy (non-hydrogen) atoms. The Hall–Kier alpha value is -5.72. The van der Waals surface area contributed by atoms with Crippen LogP contribution in [0, 0.1) is 0 Å². The van der Waals surface area contributed by atoms with E-state index < -0.39 is 41.5 Å². The minimum absolute atomic E-state index is 0.0347. The summed E-state index contributed by atoms with van der Waals surface area (Å²) in [7, 11) is 0. The van der Waals surface area contributed by atoms with Gasteiger partial charge < -0.3 is 26.2 Å². The highest BCUT2D eigenvalue weighted by molar-refractivity contribution is 6.40. The number of fused-ring (bicyclic) bond motifs is 1. The number of carboxylic acid groups (broad SMARTS) is 2. The predicted molar refractivity (Wildman–Crippen MR) is 179 cm³/mol. The van der Waals surface area contributed by atoms with E-state index in [0.29, 0.717) is 46.0 Å². The predicted octanol–water partition coefficient (Wildman–Crippen LogP) is 5.00. The minimum atomic E-state index is -1.48. The van der Waals surface area contributed by atoms with Crippen LogP contribution in [0.4, 0.5) is 16.2 Å². The van der Waals surface area contributed by atoms with Crippen molar-refractivity contribution in [2.45, 2.75) is 19.0 Å². The maximum atomic E-state index is 13.5. The third-order valence-electron chi connectivity index (χ3n) is 7.08. The first-order valence-corrected chi connectivity index (χ1v) is 14.7. The number of nitrogens with zero attached hydrogens (tertiary/aromatic N) is 2. The molecule has 0 aliphatic heterocycles. The maximum absolute atomic E-state index is 13.5. The molecule has 0 spiro atoms. The van der Waals surface area contributed by atoms with Crippen LogP contribution in [0.25, 0.3) is 10.9 Å². The van der Waals surface area contributed by atoms with Crippen molar-refractivity contribution < 1.29 is 34.2 Å². The van der Waals surface area contributed by atoms with Crippen molar-refractivity contribution in [2.24, 2.45) is 0 Å². The molecule has 4 rings (SSSR count). The van der Waals surface area contributed by atoms with E-state index in [1.54, 1.807) is 54.6 Å². The lowest BCUT2D eigenvalue weighted by Crippen LogP contribution is -2.49. The van der Waals surface area contributed by atoms with Gasteiger partial charge in [-0.25, -0.2) is 14.2 Å². The molecule has 0 aliphatic rings. The number of carboxylic acids is 1. The van der Waals surface area contributed by atoms with Gasteiger partial charge in [-0.3, -0.25) is 19.3 Å². The van der Waals surface area contributed by atoms with Gasteiger partial charge >= 0.3 is 23.9 Å². The lowest BCUT2D eigenvalue weighted by atomic mass is 10.0. The van der Waals surface area contributed by atoms with E-state index in [1.807, 2.05) is 4.90 Å². The highest BCUT2D eigenvalue weighted by Crippen LogP contribution is 2.25. The van der Waals surface area contributed by atoms with Gasteiger partial charge in [0.25, 0.3) is 0 Å². The van der Waals surface area contributed by atoms with Crippen LogP contribution in [0.3, 0.4) is 0 Å². The maximum Gasteiger partial charge on any atom is 0.416 e. The molecule has 0 saturated heterocycles. The molecule has 242 valence electrons. The molecular weight excluding hydrogens is 626 g/mol. The Morgan fingerprint density at radius 2 is 1.57 bits per heavy atom. The fourth-order valence-electron chi connectivity index (χ4n) is 4.96. The van der Waals surface area contributed by atoms with E-state index in [1.165, 1.54) is 30.3 Å². The summed E-state index contributed by atoms with van der Waals surface area (Å²) < 4.78 is 0.627. The summed E-state index contributed by atoms with van der Waals surface area (Å²) in [6.07, 6.45) is 2.03. The Balaban J connectivity index is 1.55. The standard InChI is InChI=1S/C34H32ClN5O7/c1-3-14-39(15-4-2)20-22-10-11-24(35)19-26(22)37-31(42)32(43)38-27(16-21-8-6-5-7-9-21)30(41)36-25-12-13-28-23(17-25)18-29(33(44)45)40(28)34(46)47/h3-13,17-19,27H,1-2,14-16,20H2,(H,36,41)(H,37,42)(H,38,43)(H,44,45)(H,46,47)/t27-/m0/s1. The number of nitrogens with one attached hydrogen (secondary N) is 3. The summed E-state index contributed by atoms with van der Waals surface area (Å²) in [5, 5.41) is 27.3. The van der Waals surface area contributed by atoms with Crippen LogP contribution in [0.2, 0.25) is 5.02 Å². The number of rotatable bonds is 13. The molecule has 1 heterocycles. The van der Waals surface area contributed by atoms with E-state index in [2.05, 4.69) is 29.1 Å². The first-order valence-electron chi connectivity index (χ1n) is 14.3. The van der Waals surface area contributed by atoms with Crippen molar-refractivity contribution >= 4 is 63.7 Å². The molecule has 3 aromatic carbocycles. The zero-order valence-electron chi connectivity index (χ0n) is 25.1. The van der Waals surface area contributed by atoms with Crippen molar-refractivity contribution in [1.29, 1.82) is 0 Å². The number of hydrogen-bond donors (Lipinski definition) is 5. The third-order valence-corrected chi connectivity index (χ3v) is 7.31. The van der Waals surface area contributed by atoms with Gasteiger partial charge in [-0.15, -0.1) is 13.2 Å². The molecule has 1 atom stereocenters. The van der Waals surface area contributed by atoms with Gasteiger partial charge in [-0.1, -0.05) is 60.2 Å². The molecular formula is C34H32ClN5O7. The fraction of sp³-hybridized carbons (Fsp3) is 0.147. The van der Waals surface area contributed by atoms with Gasteiger partial charge in [0.1, 0.15) is 11.7 Å². The molecule has 0 aliphatic carbocycles. The van der Waals surface area contributed by atoms with Crippen LogP contribution < -0.4 is 16.0 Å². The van der Waals surface area contributed by atoms with E-state index in [0.717, 1.165) is 0 Å². The summed E-state index contributed by atoms with van der Waals surface area (Å²) in [6, 6.07) is 17.9. The average molecular weight is 658 g/mol. The number of halogens is 1. The molecule has 1 aromatic heterocycles. The molecule has 0 unspecified atom stereocenters. The van der Waals surface area contributed by atoms with E-state index in [9.17, 15) is 34.2 Å². The molecule has 4 aromatic rings. The highest BCUT2D eigenvalue weighted by Gasteiger charge is 2.26. The normalized spacial score (nSPS) is 11.4. The Kier molecular flexibility index (Phi) is 11.3. The Morgan fingerprint density at radius 3 is 2.21 bits per heavy atom. The summed E-state index contributed by atoms with van der Waals surface area (Å²) in [4.78, 5) is 65.1. The SMILES string of the molecule is C=CCN(CC=C)Cc1ccc(Cl)cc1NC(=O)C(=O)N[C@@H](Cc1ccccc1)C(=O)Nc1ccc2c(c1)cc(C(=O)O)n2C(=O)O. The number of hydrogen-bond acceptors (Lipinski definition) is 6. The van der Waals surface area contributed by atoms with Gasteiger partial charge in [-0.2, -0.15) is 0 Å². The molecule has 0 radical (unpaired) electrons.